The number of carbonyl (C=O) groups is 2. The lowest BCUT2D eigenvalue weighted by atomic mass is 10.1. The first-order valence-corrected chi connectivity index (χ1v) is 11.4. The predicted molar refractivity (Wildman–Crippen MR) is 124 cm³/mol. The normalized spacial score (nSPS) is 12.7. The summed E-state index contributed by atoms with van der Waals surface area (Å²) < 4.78 is 159. The molecule has 0 aromatic heterocycles. The summed E-state index contributed by atoms with van der Waals surface area (Å²) in [6, 6.07) is 7.48. The maximum Gasteiger partial charge on any atom is 0.416 e. The van der Waals surface area contributed by atoms with E-state index < -0.39 is 83.1 Å². The van der Waals surface area contributed by atoms with Crippen LogP contribution < -0.4 is 10.2 Å². The number of nitrogens with one attached hydrogen (secondary N) is 1. The molecule has 3 rings (SSSR count). The molecular formula is C26H16F12N2O2. The van der Waals surface area contributed by atoms with E-state index in [0.717, 1.165) is 0 Å². The van der Waals surface area contributed by atoms with Crippen LogP contribution in [-0.4, -0.2) is 11.8 Å². The van der Waals surface area contributed by atoms with Gasteiger partial charge in [-0.3, -0.25) is 9.59 Å². The fraction of sp³-hybridized carbons (Fsp3) is 0.231. The van der Waals surface area contributed by atoms with Crippen molar-refractivity contribution in [2.75, 3.05) is 10.2 Å². The van der Waals surface area contributed by atoms with Crippen LogP contribution in [0.15, 0.2) is 66.7 Å². The number of hydrogen-bond acceptors (Lipinski definition) is 2. The van der Waals surface area contributed by atoms with E-state index in [1.165, 1.54) is 30.3 Å². The Kier molecular flexibility index (Phi) is 8.89. The summed E-state index contributed by atoms with van der Waals surface area (Å²) in [5, 5.41) is 1.69. The van der Waals surface area contributed by atoms with E-state index in [0.29, 0.717) is 4.90 Å². The second kappa shape index (κ2) is 11.6. The summed E-state index contributed by atoms with van der Waals surface area (Å²) in [5.74, 6) is -2.90. The van der Waals surface area contributed by atoms with Crippen LogP contribution in [0.3, 0.4) is 0 Å². The van der Waals surface area contributed by atoms with Crippen molar-refractivity contribution < 1.29 is 62.3 Å². The van der Waals surface area contributed by atoms with Gasteiger partial charge in [-0.15, -0.1) is 0 Å². The van der Waals surface area contributed by atoms with E-state index in [4.69, 9.17) is 0 Å². The fourth-order valence-corrected chi connectivity index (χ4v) is 3.65. The molecule has 226 valence electrons. The van der Waals surface area contributed by atoms with Gasteiger partial charge in [-0.05, 0) is 42.0 Å². The van der Waals surface area contributed by atoms with Crippen molar-refractivity contribution in [3.8, 4) is 0 Å². The zero-order valence-corrected chi connectivity index (χ0v) is 20.6. The summed E-state index contributed by atoms with van der Waals surface area (Å²) >= 11 is 0. The summed E-state index contributed by atoms with van der Waals surface area (Å²) in [7, 11) is 0. The molecule has 4 nitrogen and oxygen atoms in total. The molecule has 42 heavy (non-hydrogen) atoms. The van der Waals surface area contributed by atoms with Crippen LogP contribution in [0.5, 0.6) is 0 Å². The van der Waals surface area contributed by atoms with Crippen molar-refractivity contribution in [2.45, 2.75) is 37.7 Å². The Hall–Kier alpha value is -4.24. The number of nitrogens with zero attached hydrogens (tertiary/aromatic N) is 1. The van der Waals surface area contributed by atoms with Crippen LogP contribution in [0.2, 0.25) is 0 Å². The monoisotopic (exact) mass is 616 g/mol. The Bertz CT molecular complexity index is 1380. The third kappa shape index (κ3) is 8.39. The quantitative estimate of drug-likeness (QED) is 0.224. The highest BCUT2D eigenvalue weighted by Crippen LogP contribution is 2.40. The lowest BCUT2D eigenvalue weighted by Crippen LogP contribution is -2.34. The van der Waals surface area contributed by atoms with Crippen LogP contribution in [0.25, 0.3) is 0 Å². The van der Waals surface area contributed by atoms with Crippen LogP contribution >= 0.6 is 0 Å². The first-order chi connectivity index (χ1) is 19.1. The maximum atomic E-state index is 13.4. The standard InChI is InChI=1S/C26H16F12N2O2/c27-23(28,29)15-6-16(24(30,31)32)9-19(8-15)39-21(41)12-22(42)40(13-14-4-2-1-3-5-14)20-10-17(25(33,34)35)7-18(11-20)26(36,37)38/h1-11H,12-13H2,(H,39,41). The van der Waals surface area contributed by atoms with Crippen molar-refractivity contribution in [1.82, 2.24) is 0 Å². The Balaban J connectivity index is 2.00. The molecule has 0 aliphatic rings. The average molecular weight is 616 g/mol. The van der Waals surface area contributed by atoms with Gasteiger partial charge >= 0.3 is 24.7 Å². The molecular weight excluding hydrogens is 600 g/mol. The predicted octanol–water partition coefficient (Wildman–Crippen LogP) is 8.32. The number of hydrogen-bond donors (Lipinski definition) is 1. The van der Waals surface area contributed by atoms with E-state index in [-0.39, 0.29) is 42.0 Å². The molecule has 1 N–H and O–H groups in total. The minimum absolute atomic E-state index is 0.155. The summed E-state index contributed by atoms with van der Waals surface area (Å²) in [4.78, 5) is 26.0. The molecule has 0 bridgehead atoms. The number of rotatable bonds is 6. The Labute approximate surface area is 228 Å². The van der Waals surface area contributed by atoms with Gasteiger partial charge in [0, 0.05) is 11.4 Å². The molecule has 0 spiro atoms. The lowest BCUT2D eigenvalue weighted by Gasteiger charge is -2.25. The van der Waals surface area contributed by atoms with Gasteiger partial charge in [0.25, 0.3) is 0 Å². The highest BCUT2D eigenvalue weighted by Gasteiger charge is 2.39. The third-order valence-electron chi connectivity index (χ3n) is 5.55. The molecule has 3 aromatic carbocycles. The second-order valence-corrected chi connectivity index (χ2v) is 8.75. The summed E-state index contributed by atoms with van der Waals surface area (Å²) in [6.07, 6.45) is -22.5. The van der Waals surface area contributed by atoms with Gasteiger partial charge in [-0.25, -0.2) is 0 Å². The molecule has 0 unspecified atom stereocenters. The minimum atomic E-state index is -5.28. The van der Waals surface area contributed by atoms with Gasteiger partial charge in [0.15, 0.2) is 0 Å². The van der Waals surface area contributed by atoms with Crippen molar-refractivity contribution in [1.29, 1.82) is 0 Å². The summed E-state index contributed by atoms with van der Waals surface area (Å²) in [6.45, 7) is -0.645. The van der Waals surface area contributed by atoms with Crippen LogP contribution in [0, 0.1) is 0 Å². The molecule has 0 fully saturated rings. The number of halogens is 12. The van der Waals surface area contributed by atoms with E-state index >= 15 is 0 Å². The number of anilines is 2. The minimum Gasteiger partial charge on any atom is -0.326 e. The van der Waals surface area contributed by atoms with Crippen molar-refractivity contribution in [3.05, 3.63) is 94.5 Å². The van der Waals surface area contributed by atoms with E-state index in [2.05, 4.69) is 0 Å². The average Bonchev–Trinajstić information content (AvgIpc) is 2.85. The maximum absolute atomic E-state index is 13.4. The topological polar surface area (TPSA) is 49.4 Å². The first-order valence-electron chi connectivity index (χ1n) is 11.4. The van der Waals surface area contributed by atoms with Crippen molar-refractivity contribution >= 4 is 23.2 Å². The molecule has 0 atom stereocenters. The Morgan fingerprint density at radius 1 is 0.595 bits per heavy atom. The zero-order chi connectivity index (χ0) is 31.7. The van der Waals surface area contributed by atoms with E-state index in [1.54, 1.807) is 5.32 Å². The zero-order valence-electron chi connectivity index (χ0n) is 20.6. The van der Waals surface area contributed by atoms with E-state index in [1.807, 2.05) is 0 Å². The number of alkyl halides is 12. The van der Waals surface area contributed by atoms with Gasteiger partial charge in [-0.1, -0.05) is 30.3 Å². The van der Waals surface area contributed by atoms with Crippen LogP contribution in [0.1, 0.15) is 34.2 Å². The van der Waals surface area contributed by atoms with Gasteiger partial charge in [0.2, 0.25) is 11.8 Å². The molecule has 0 aliphatic heterocycles. The molecule has 0 aliphatic carbocycles. The number of carbonyl (C=O) groups excluding carboxylic acids is 2. The van der Waals surface area contributed by atoms with Gasteiger partial charge < -0.3 is 10.2 Å². The summed E-state index contributed by atoms with van der Waals surface area (Å²) in [5.41, 5.74) is -8.84. The first kappa shape index (κ1) is 32.3. The largest absolute Gasteiger partial charge is 0.416 e. The molecule has 2 amide bonds. The highest BCUT2D eigenvalue weighted by molar-refractivity contribution is 6.09. The van der Waals surface area contributed by atoms with Crippen LogP contribution in [-0.2, 0) is 40.8 Å². The molecule has 3 aromatic rings. The lowest BCUT2D eigenvalue weighted by molar-refractivity contribution is -0.144. The molecule has 0 radical (unpaired) electrons. The number of benzene rings is 3. The van der Waals surface area contributed by atoms with Gasteiger partial charge in [0.1, 0.15) is 6.42 Å². The smallest absolute Gasteiger partial charge is 0.326 e. The molecule has 16 heteroatoms. The Morgan fingerprint density at radius 2 is 1.00 bits per heavy atom. The fourth-order valence-electron chi connectivity index (χ4n) is 3.65. The van der Waals surface area contributed by atoms with Crippen molar-refractivity contribution in [2.24, 2.45) is 0 Å². The second-order valence-electron chi connectivity index (χ2n) is 8.75. The van der Waals surface area contributed by atoms with Crippen molar-refractivity contribution in [3.63, 3.8) is 0 Å². The van der Waals surface area contributed by atoms with Gasteiger partial charge in [0.05, 0.1) is 28.8 Å². The molecule has 0 saturated heterocycles. The third-order valence-corrected chi connectivity index (χ3v) is 5.55. The molecule has 0 heterocycles. The van der Waals surface area contributed by atoms with Crippen LogP contribution in [0.4, 0.5) is 64.1 Å². The van der Waals surface area contributed by atoms with E-state index in [9.17, 15) is 62.3 Å². The van der Waals surface area contributed by atoms with Gasteiger partial charge in [-0.2, -0.15) is 52.7 Å². The molecule has 0 saturated carbocycles. The highest BCUT2D eigenvalue weighted by atomic mass is 19.4. The SMILES string of the molecule is O=C(CC(=O)N(Cc1ccccc1)c1cc(C(F)(F)F)cc(C(F)(F)F)c1)Nc1cc(C(F)(F)F)cc(C(F)(F)F)c1. The Morgan fingerprint density at radius 3 is 1.40 bits per heavy atom. The number of amides is 2.